The fraction of sp³-hybridized carbons (Fsp3) is 0.423. The van der Waals surface area contributed by atoms with Crippen LogP contribution in [0.2, 0.25) is 0 Å². The number of halogens is 3. The van der Waals surface area contributed by atoms with E-state index in [1.165, 1.54) is 19.3 Å². The normalized spacial score (nSPS) is 15.2. The fourth-order valence-electron chi connectivity index (χ4n) is 4.22. The number of carbonyl (C=O) groups is 1. The molecule has 38 heavy (non-hydrogen) atoms. The molecule has 2 aromatic heterocycles. The van der Waals surface area contributed by atoms with Gasteiger partial charge in [-0.15, -0.1) is 0 Å². The molecule has 1 saturated heterocycles. The molecule has 0 aliphatic carbocycles. The third kappa shape index (κ3) is 7.29. The molecule has 4 rings (SSSR count). The van der Waals surface area contributed by atoms with Crippen LogP contribution < -0.4 is 20.7 Å². The lowest BCUT2D eigenvalue weighted by molar-refractivity contribution is -0.192. The molecule has 4 N–H and O–H groups in total. The van der Waals surface area contributed by atoms with E-state index in [1.54, 1.807) is 10.7 Å². The van der Waals surface area contributed by atoms with Crippen molar-refractivity contribution in [1.29, 1.82) is 5.26 Å². The smallest absolute Gasteiger partial charge is 0.490 e. The molecule has 1 atom stereocenters. The van der Waals surface area contributed by atoms with E-state index in [9.17, 15) is 18.4 Å². The van der Waals surface area contributed by atoms with Gasteiger partial charge in [0.25, 0.3) is 0 Å². The predicted octanol–water partition coefficient (Wildman–Crippen LogP) is 5.23. The fourth-order valence-corrected chi connectivity index (χ4v) is 4.22. The number of hydrogen-bond acceptors (Lipinski definition) is 7. The number of nitriles is 1. The molecule has 12 heteroatoms. The molecule has 1 unspecified atom stereocenters. The highest BCUT2D eigenvalue weighted by Gasteiger charge is 2.38. The Morgan fingerprint density at radius 3 is 2.58 bits per heavy atom. The molecule has 9 nitrogen and oxygen atoms in total. The first-order chi connectivity index (χ1) is 18.2. The molecule has 3 aromatic rings. The SMILES string of the molecule is CCOc1ccc(Nc2c(C)c(NCCC3CCCCN3)c(C#N)c3ccnn23)cc1.O=C(O)C(F)(F)F. The largest absolute Gasteiger partial charge is 0.494 e. The van der Waals surface area contributed by atoms with Gasteiger partial charge in [-0.05, 0) is 70.0 Å². The molecule has 0 bridgehead atoms. The van der Waals surface area contributed by atoms with Crippen molar-refractivity contribution < 1.29 is 27.8 Å². The van der Waals surface area contributed by atoms with Gasteiger partial charge in [0.1, 0.15) is 23.2 Å². The van der Waals surface area contributed by atoms with Gasteiger partial charge in [0, 0.05) is 23.8 Å². The van der Waals surface area contributed by atoms with Crippen molar-refractivity contribution in [1.82, 2.24) is 14.9 Å². The first-order valence-corrected chi connectivity index (χ1v) is 12.3. The van der Waals surface area contributed by atoms with Crippen LogP contribution in [0.1, 0.15) is 43.7 Å². The Bertz CT molecular complexity index is 1260. The number of nitrogens with zero attached hydrogens (tertiary/aromatic N) is 3. The van der Waals surface area contributed by atoms with Gasteiger partial charge in [-0.1, -0.05) is 6.42 Å². The quantitative estimate of drug-likeness (QED) is 0.311. The standard InChI is InChI=1S/C24H30N6O.C2HF3O2/c1-3-31-20-9-7-19(8-10-20)29-24-17(2)23(21(16-25)22-12-15-28-30(22)24)27-14-11-18-6-4-5-13-26-18;3-2(4,5)1(6)7/h7-10,12,15,18,26-27,29H,3-6,11,13-14H2,1-2H3;(H,6,7). The molecule has 0 spiro atoms. The van der Waals surface area contributed by atoms with Crippen molar-refractivity contribution in [3.63, 3.8) is 0 Å². The van der Waals surface area contributed by atoms with Crippen molar-refractivity contribution in [3.8, 4) is 11.8 Å². The predicted molar refractivity (Wildman–Crippen MR) is 138 cm³/mol. The third-order valence-electron chi connectivity index (χ3n) is 6.08. The minimum atomic E-state index is -5.08. The van der Waals surface area contributed by atoms with Crippen LogP contribution in [0.15, 0.2) is 36.5 Å². The van der Waals surface area contributed by atoms with E-state index in [0.29, 0.717) is 18.2 Å². The molecule has 0 radical (unpaired) electrons. The summed E-state index contributed by atoms with van der Waals surface area (Å²) in [7, 11) is 0. The Labute approximate surface area is 218 Å². The van der Waals surface area contributed by atoms with Gasteiger partial charge in [0.05, 0.1) is 24.0 Å². The van der Waals surface area contributed by atoms with E-state index in [2.05, 4.69) is 27.1 Å². The topological polar surface area (TPSA) is 124 Å². The van der Waals surface area contributed by atoms with E-state index in [1.807, 2.05) is 44.2 Å². The van der Waals surface area contributed by atoms with Gasteiger partial charge in [-0.2, -0.15) is 23.5 Å². The van der Waals surface area contributed by atoms with E-state index >= 15 is 0 Å². The summed E-state index contributed by atoms with van der Waals surface area (Å²) in [6, 6.07) is 12.7. The summed E-state index contributed by atoms with van der Waals surface area (Å²) < 4.78 is 39.1. The van der Waals surface area contributed by atoms with Crippen LogP contribution in [0.5, 0.6) is 5.75 Å². The van der Waals surface area contributed by atoms with Gasteiger partial charge in [-0.25, -0.2) is 9.31 Å². The van der Waals surface area contributed by atoms with Crippen LogP contribution in [0, 0.1) is 18.3 Å². The Morgan fingerprint density at radius 1 is 1.29 bits per heavy atom. The van der Waals surface area contributed by atoms with E-state index in [-0.39, 0.29) is 0 Å². The first kappa shape index (κ1) is 28.6. The summed E-state index contributed by atoms with van der Waals surface area (Å²) in [4.78, 5) is 8.90. The Balaban J connectivity index is 0.000000505. The van der Waals surface area contributed by atoms with Crippen LogP contribution in [0.4, 0.5) is 30.4 Å². The van der Waals surface area contributed by atoms with Gasteiger partial charge < -0.3 is 25.8 Å². The summed E-state index contributed by atoms with van der Waals surface area (Å²) in [6.07, 6.45) is 1.46. The molecule has 0 saturated carbocycles. The summed E-state index contributed by atoms with van der Waals surface area (Å²) in [5, 5.41) is 32.1. The number of nitrogens with one attached hydrogen (secondary N) is 3. The summed E-state index contributed by atoms with van der Waals surface area (Å²) in [5.41, 5.74) is 4.20. The summed E-state index contributed by atoms with van der Waals surface area (Å²) in [5.74, 6) is -1.07. The molecule has 3 heterocycles. The maximum Gasteiger partial charge on any atom is 0.490 e. The highest BCUT2D eigenvalue weighted by molar-refractivity contribution is 5.82. The number of anilines is 3. The zero-order valence-corrected chi connectivity index (χ0v) is 21.2. The number of aliphatic carboxylic acids is 1. The molecule has 1 aliphatic rings. The molecule has 0 amide bonds. The number of aromatic nitrogens is 2. The van der Waals surface area contributed by atoms with Crippen molar-refractivity contribution in [2.24, 2.45) is 0 Å². The maximum atomic E-state index is 10.6. The lowest BCUT2D eigenvalue weighted by Gasteiger charge is -2.24. The zero-order chi connectivity index (χ0) is 27.7. The second-order valence-corrected chi connectivity index (χ2v) is 8.71. The number of alkyl halides is 3. The number of ether oxygens (including phenoxy) is 1. The van der Waals surface area contributed by atoms with Crippen LogP contribution in [-0.2, 0) is 4.79 Å². The third-order valence-corrected chi connectivity index (χ3v) is 6.08. The number of carboxylic acids is 1. The highest BCUT2D eigenvalue weighted by atomic mass is 19.4. The molecule has 1 fully saturated rings. The highest BCUT2D eigenvalue weighted by Crippen LogP contribution is 2.33. The monoisotopic (exact) mass is 532 g/mol. The number of fused-ring (bicyclic) bond motifs is 1. The van der Waals surface area contributed by atoms with Gasteiger partial charge in [0.2, 0.25) is 0 Å². The van der Waals surface area contributed by atoms with E-state index < -0.39 is 12.1 Å². The van der Waals surface area contributed by atoms with Crippen LogP contribution in [-0.4, -0.2) is 52.6 Å². The average Bonchev–Trinajstić information content (AvgIpc) is 3.37. The maximum absolute atomic E-state index is 10.6. The molecule has 204 valence electrons. The lowest BCUT2D eigenvalue weighted by atomic mass is 10.0. The van der Waals surface area contributed by atoms with Crippen LogP contribution in [0.25, 0.3) is 5.52 Å². The summed E-state index contributed by atoms with van der Waals surface area (Å²) >= 11 is 0. The summed E-state index contributed by atoms with van der Waals surface area (Å²) in [6.45, 7) is 6.56. The van der Waals surface area contributed by atoms with E-state index in [4.69, 9.17) is 14.6 Å². The minimum Gasteiger partial charge on any atom is -0.494 e. The first-order valence-electron chi connectivity index (χ1n) is 12.3. The minimum absolute atomic E-state index is 0.548. The van der Waals surface area contributed by atoms with E-state index in [0.717, 1.165) is 53.5 Å². The number of carboxylic acid groups (broad SMARTS) is 1. The second-order valence-electron chi connectivity index (χ2n) is 8.71. The number of piperidine rings is 1. The van der Waals surface area contributed by atoms with Crippen molar-refractivity contribution >= 4 is 28.7 Å². The van der Waals surface area contributed by atoms with Gasteiger partial charge >= 0.3 is 12.1 Å². The Hall–Kier alpha value is -3.98. The number of hydrogen-bond donors (Lipinski definition) is 4. The molecular formula is C26H31F3N6O3. The Kier molecular flexibility index (Phi) is 9.78. The lowest BCUT2D eigenvalue weighted by Crippen LogP contribution is -2.35. The van der Waals surface area contributed by atoms with Crippen molar-refractivity contribution in [2.45, 2.75) is 51.7 Å². The van der Waals surface area contributed by atoms with Gasteiger partial charge in [0.15, 0.2) is 0 Å². The van der Waals surface area contributed by atoms with Gasteiger partial charge in [-0.3, -0.25) is 0 Å². The molecule has 1 aromatic carbocycles. The van der Waals surface area contributed by atoms with Crippen LogP contribution in [0.3, 0.4) is 0 Å². The second kappa shape index (κ2) is 13.0. The zero-order valence-electron chi connectivity index (χ0n) is 21.2. The number of benzene rings is 1. The number of pyridine rings is 1. The van der Waals surface area contributed by atoms with Crippen molar-refractivity contribution in [2.75, 3.05) is 30.3 Å². The molecular weight excluding hydrogens is 501 g/mol. The molecule has 1 aliphatic heterocycles. The number of rotatable bonds is 8. The van der Waals surface area contributed by atoms with Crippen molar-refractivity contribution in [3.05, 3.63) is 47.7 Å². The average molecular weight is 533 g/mol. The Morgan fingerprint density at radius 2 is 2.00 bits per heavy atom. The van der Waals surface area contributed by atoms with Crippen LogP contribution >= 0.6 is 0 Å².